The van der Waals surface area contributed by atoms with E-state index in [9.17, 15) is 0 Å². The van der Waals surface area contributed by atoms with Crippen LogP contribution in [0.5, 0.6) is 0 Å². The monoisotopic (exact) mass is 275 g/mol. The molecule has 6 heteroatoms. The lowest BCUT2D eigenvalue weighted by Gasteiger charge is -2.26. The molecule has 0 unspecified atom stereocenters. The highest BCUT2D eigenvalue weighted by molar-refractivity contribution is 5.88. The number of fused-ring (bicyclic) bond motifs is 1. The molecule has 1 aliphatic heterocycles. The van der Waals surface area contributed by atoms with Crippen LogP contribution in [0.2, 0.25) is 0 Å². The summed E-state index contributed by atoms with van der Waals surface area (Å²) in [5.74, 6) is 0. The van der Waals surface area contributed by atoms with Crippen LogP contribution < -0.4 is 11.1 Å². The van der Waals surface area contributed by atoms with Crippen molar-refractivity contribution in [3.8, 4) is 0 Å². The lowest BCUT2D eigenvalue weighted by atomic mass is 10.2. The molecule has 2 aromatic rings. The highest BCUT2D eigenvalue weighted by atomic mass is 16.5. The van der Waals surface area contributed by atoms with Crippen molar-refractivity contribution in [1.82, 2.24) is 15.1 Å². The van der Waals surface area contributed by atoms with Crippen LogP contribution in [0.4, 0.5) is 11.4 Å². The smallest absolute Gasteiger partial charge is 0.0672 e. The molecule has 0 bridgehead atoms. The number of ether oxygens (including phenoxy) is 1. The number of nitrogen functional groups attached to an aromatic ring is 1. The fourth-order valence-corrected chi connectivity index (χ4v) is 2.51. The minimum absolute atomic E-state index is 0.769. The molecule has 1 saturated heterocycles. The van der Waals surface area contributed by atoms with Crippen molar-refractivity contribution in [2.75, 3.05) is 50.4 Å². The number of rotatable bonds is 5. The first-order valence-corrected chi connectivity index (χ1v) is 7.09. The number of benzene rings is 1. The summed E-state index contributed by atoms with van der Waals surface area (Å²) >= 11 is 0. The van der Waals surface area contributed by atoms with Gasteiger partial charge in [-0.1, -0.05) is 0 Å². The van der Waals surface area contributed by atoms with Crippen molar-refractivity contribution in [2.24, 2.45) is 0 Å². The number of anilines is 2. The van der Waals surface area contributed by atoms with Gasteiger partial charge in [-0.2, -0.15) is 5.10 Å². The van der Waals surface area contributed by atoms with Gasteiger partial charge in [-0.15, -0.1) is 0 Å². The van der Waals surface area contributed by atoms with E-state index >= 15 is 0 Å². The van der Waals surface area contributed by atoms with E-state index in [1.165, 1.54) is 0 Å². The average molecular weight is 275 g/mol. The molecule has 0 amide bonds. The van der Waals surface area contributed by atoms with Crippen LogP contribution in [0.15, 0.2) is 18.3 Å². The second-order valence-corrected chi connectivity index (χ2v) is 5.13. The van der Waals surface area contributed by atoms with Gasteiger partial charge in [0, 0.05) is 25.0 Å². The van der Waals surface area contributed by atoms with Gasteiger partial charge < -0.3 is 15.8 Å². The van der Waals surface area contributed by atoms with E-state index in [0.29, 0.717) is 0 Å². The molecule has 0 atom stereocenters. The van der Waals surface area contributed by atoms with Gasteiger partial charge in [0.2, 0.25) is 0 Å². The van der Waals surface area contributed by atoms with Crippen LogP contribution in [0.25, 0.3) is 10.9 Å². The molecule has 20 heavy (non-hydrogen) atoms. The Labute approximate surface area is 118 Å². The number of hydrogen-bond acceptors (Lipinski definition) is 5. The Morgan fingerprint density at radius 2 is 2.20 bits per heavy atom. The van der Waals surface area contributed by atoms with Crippen LogP contribution in [0, 0.1) is 0 Å². The lowest BCUT2D eigenvalue weighted by molar-refractivity contribution is 0.0378. The highest BCUT2D eigenvalue weighted by Gasteiger charge is 2.09. The van der Waals surface area contributed by atoms with Gasteiger partial charge in [0.25, 0.3) is 0 Å². The molecule has 1 aromatic carbocycles. The van der Waals surface area contributed by atoms with E-state index in [2.05, 4.69) is 20.4 Å². The molecule has 2 heterocycles. The number of morpholine rings is 1. The molecule has 6 nitrogen and oxygen atoms in total. The zero-order valence-electron chi connectivity index (χ0n) is 11.6. The van der Waals surface area contributed by atoms with Crippen molar-refractivity contribution in [3.63, 3.8) is 0 Å². The maximum absolute atomic E-state index is 6.04. The van der Waals surface area contributed by atoms with Crippen molar-refractivity contribution in [2.45, 2.75) is 6.42 Å². The Hall–Kier alpha value is -1.79. The molecule has 1 aromatic heterocycles. The Balaban J connectivity index is 1.50. The zero-order valence-corrected chi connectivity index (χ0v) is 11.6. The van der Waals surface area contributed by atoms with Crippen molar-refractivity contribution in [3.05, 3.63) is 18.3 Å². The summed E-state index contributed by atoms with van der Waals surface area (Å²) in [5.41, 5.74) is 8.79. The van der Waals surface area contributed by atoms with E-state index < -0.39 is 0 Å². The number of H-pyrrole nitrogens is 1. The fourth-order valence-electron chi connectivity index (χ4n) is 2.51. The first kappa shape index (κ1) is 13.2. The maximum Gasteiger partial charge on any atom is 0.0672 e. The number of nitrogens with one attached hydrogen (secondary N) is 2. The lowest BCUT2D eigenvalue weighted by Crippen LogP contribution is -2.37. The van der Waals surface area contributed by atoms with Gasteiger partial charge in [0.15, 0.2) is 0 Å². The van der Waals surface area contributed by atoms with Crippen LogP contribution >= 0.6 is 0 Å². The maximum atomic E-state index is 6.04. The van der Waals surface area contributed by atoms with Gasteiger partial charge >= 0.3 is 0 Å². The SMILES string of the molecule is Nc1cc2cn[nH]c2cc1NCCCN1CCOCC1. The summed E-state index contributed by atoms with van der Waals surface area (Å²) < 4.78 is 5.34. The molecule has 0 radical (unpaired) electrons. The zero-order chi connectivity index (χ0) is 13.8. The second kappa shape index (κ2) is 6.11. The Bertz CT molecular complexity index is 562. The number of nitrogens with zero attached hydrogens (tertiary/aromatic N) is 2. The molecular weight excluding hydrogens is 254 g/mol. The summed E-state index contributed by atoms with van der Waals surface area (Å²) in [6.07, 6.45) is 2.88. The summed E-state index contributed by atoms with van der Waals surface area (Å²) in [6, 6.07) is 3.97. The first-order chi connectivity index (χ1) is 9.83. The molecule has 0 spiro atoms. The van der Waals surface area contributed by atoms with Crippen LogP contribution in [-0.4, -0.2) is 54.5 Å². The molecule has 1 fully saturated rings. The summed E-state index contributed by atoms with van der Waals surface area (Å²) in [6.45, 7) is 5.82. The van der Waals surface area contributed by atoms with Gasteiger partial charge in [0.1, 0.15) is 0 Å². The molecule has 3 rings (SSSR count). The van der Waals surface area contributed by atoms with Gasteiger partial charge in [0.05, 0.1) is 36.3 Å². The number of nitrogens with two attached hydrogens (primary N) is 1. The van der Waals surface area contributed by atoms with Crippen molar-refractivity contribution >= 4 is 22.3 Å². The summed E-state index contributed by atoms with van der Waals surface area (Å²) in [5, 5.41) is 11.4. The molecule has 1 aliphatic rings. The number of aromatic nitrogens is 2. The number of hydrogen-bond donors (Lipinski definition) is 3. The van der Waals surface area contributed by atoms with E-state index in [1.807, 2.05) is 12.1 Å². The summed E-state index contributed by atoms with van der Waals surface area (Å²) in [4.78, 5) is 2.44. The Morgan fingerprint density at radius 1 is 1.35 bits per heavy atom. The number of aromatic amines is 1. The third-order valence-electron chi connectivity index (χ3n) is 3.68. The van der Waals surface area contributed by atoms with E-state index in [0.717, 1.165) is 68.1 Å². The molecule has 4 N–H and O–H groups in total. The van der Waals surface area contributed by atoms with Crippen molar-refractivity contribution < 1.29 is 4.74 Å². The first-order valence-electron chi connectivity index (χ1n) is 7.09. The largest absolute Gasteiger partial charge is 0.397 e. The minimum atomic E-state index is 0.769. The predicted octanol–water partition coefficient (Wildman–Crippen LogP) is 1.28. The molecule has 108 valence electrons. The molecule has 0 aliphatic carbocycles. The summed E-state index contributed by atoms with van der Waals surface area (Å²) in [7, 11) is 0. The van der Waals surface area contributed by atoms with Crippen LogP contribution in [-0.2, 0) is 4.74 Å². The Kier molecular flexibility index (Phi) is 4.03. The van der Waals surface area contributed by atoms with Crippen LogP contribution in [0.1, 0.15) is 6.42 Å². The fraction of sp³-hybridized carbons (Fsp3) is 0.500. The average Bonchev–Trinajstić information content (AvgIpc) is 2.91. The van der Waals surface area contributed by atoms with Gasteiger partial charge in [-0.05, 0) is 25.1 Å². The van der Waals surface area contributed by atoms with Crippen LogP contribution in [0.3, 0.4) is 0 Å². The highest BCUT2D eigenvalue weighted by Crippen LogP contribution is 2.24. The van der Waals surface area contributed by atoms with Gasteiger partial charge in [-0.3, -0.25) is 10.00 Å². The van der Waals surface area contributed by atoms with E-state index in [-0.39, 0.29) is 0 Å². The van der Waals surface area contributed by atoms with E-state index in [4.69, 9.17) is 10.5 Å². The predicted molar refractivity (Wildman–Crippen MR) is 80.9 cm³/mol. The standard InChI is InChI=1S/C14H21N5O/c15-12-8-11-10-17-18-13(11)9-14(12)16-2-1-3-19-4-6-20-7-5-19/h8-10,16H,1-7,15H2,(H,17,18). The third-order valence-corrected chi connectivity index (χ3v) is 3.68. The molecule has 0 saturated carbocycles. The van der Waals surface area contributed by atoms with Gasteiger partial charge in [-0.25, -0.2) is 0 Å². The van der Waals surface area contributed by atoms with Crippen molar-refractivity contribution in [1.29, 1.82) is 0 Å². The normalized spacial score (nSPS) is 16.6. The molecular formula is C14H21N5O. The third kappa shape index (κ3) is 3.02. The second-order valence-electron chi connectivity index (χ2n) is 5.13. The van der Waals surface area contributed by atoms with E-state index in [1.54, 1.807) is 6.20 Å². The minimum Gasteiger partial charge on any atom is -0.397 e. The topological polar surface area (TPSA) is 79.2 Å². The quantitative estimate of drug-likeness (QED) is 0.566. The Morgan fingerprint density at radius 3 is 3.05 bits per heavy atom.